The lowest BCUT2D eigenvalue weighted by Gasteiger charge is -2.11. The van der Waals surface area contributed by atoms with E-state index in [1.165, 1.54) is 0 Å². The van der Waals surface area contributed by atoms with Crippen LogP contribution in [0.3, 0.4) is 0 Å². The maximum Gasteiger partial charge on any atom is 0.414 e. The molecule has 1 heterocycles. The van der Waals surface area contributed by atoms with Crippen molar-refractivity contribution in [3.05, 3.63) is 54.1 Å². The predicted molar refractivity (Wildman–Crippen MR) is 108 cm³/mol. The summed E-state index contributed by atoms with van der Waals surface area (Å²) in [5, 5.41) is 2.69. The summed E-state index contributed by atoms with van der Waals surface area (Å²) < 4.78 is 15.7. The Morgan fingerprint density at radius 1 is 1.10 bits per heavy atom. The fourth-order valence-corrected chi connectivity index (χ4v) is 2.64. The van der Waals surface area contributed by atoms with Gasteiger partial charge in [-0.2, -0.15) is 0 Å². The fourth-order valence-electron chi connectivity index (χ4n) is 2.64. The van der Waals surface area contributed by atoms with Crippen molar-refractivity contribution in [1.82, 2.24) is 5.32 Å². The number of cyclic esters (lactones) is 1. The third-order valence-corrected chi connectivity index (χ3v) is 4.05. The molecule has 1 aliphatic rings. The van der Waals surface area contributed by atoms with Gasteiger partial charge in [-0.25, -0.2) is 4.79 Å². The molecule has 0 aliphatic carbocycles. The molecule has 2 aromatic rings. The number of amides is 2. The summed E-state index contributed by atoms with van der Waals surface area (Å²) in [6, 6.07) is 14.4. The van der Waals surface area contributed by atoms with Crippen molar-refractivity contribution < 1.29 is 23.8 Å². The Morgan fingerprint density at radius 3 is 2.41 bits per heavy atom. The SMILES string of the molecule is CCOc1ccc(OCC(=O)NCC#Cc2ccc(N3CCOC3=O)cc2)cc1. The Bertz CT molecular complexity index is 898. The smallest absolute Gasteiger partial charge is 0.414 e. The fraction of sp³-hybridized carbons (Fsp3) is 0.273. The van der Waals surface area contributed by atoms with E-state index in [0.717, 1.165) is 17.0 Å². The molecule has 7 nitrogen and oxygen atoms in total. The van der Waals surface area contributed by atoms with E-state index < -0.39 is 0 Å². The topological polar surface area (TPSA) is 77.1 Å². The van der Waals surface area contributed by atoms with Gasteiger partial charge in [0.25, 0.3) is 5.91 Å². The molecule has 0 spiro atoms. The Labute approximate surface area is 169 Å². The minimum atomic E-state index is -0.334. The summed E-state index contributed by atoms with van der Waals surface area (Å²) in [5.74, 6) is 6.96. The number of carbonyl (C=O) groups excluding carboxylic acids is 2. The van der Waals surface area contributed by atoms with Gasteiger partial charge < -0.3 is 19.5 Å². The van der Waals surface area contributed by atoms with Gasteiger partial charge in [-0.15, -0.1) is 0 Å². The molecule has 1 N–H and O–H groups in total. The van der Waals surface area contributed by atoms with Crippen molar-refractivity contribution >= 4 is 17.7 Å². The van der Waals surface area contributed by atoms with Crippen LogP contribution < -0.4 is 19.7 Å². The molecule has 1 aliphatic heterocycles. The van der Waals surface area contributed by atoms with Gasteiger partial charge in [-0.1, -0.05) is 11.8 Å². The Kier molecular flexibility index (Phi) is 6.95. The molecule has 0 unspecified atom stereocenters. The van der Waals surface area contributed by atoms with Gasteiger partial charge >= 0.3 is 6.09 Å². The van der Waals surface area contributed by atoms with Crippen LogP contribution in [-0.2, 0) is 9.53 Å². The molecule has 1 saturated heterocycles. The molecule has 29 heavy (non-hydrogen) atoms. The zero-order chi connectivity index (χ0) is 20.5. The summed E-state index contributed by atoms with van der Waals surface area (Å²) in [6.07, 6.45) is -0.334. The van der Waals surface area contributed by atoms with Crippen LogP contribution in [0.4, 0.5) is 10.5 Å². The number of rotatable bonds is 7. The number of anilines is 1. The zero-order valence-corrected chi connectivity index (χ0v) is 16.1. The lowest BCUT2D eigenvalue weighted by atomic mass is 10.2. The minimum Gasteiger partial charge on any atom is -0.494 e. The first-order valence-electron chi connectivity index (χ1n) is 9.31. The van der Waals surface area contributed by atoms with Crippen LogP contribution in [0.2, 0.25) is 0 Å². The number of hydrogen-bond acceptors (Lipinski definition) is 5. The van der Waals surface area contributed by atoms with Gasteiger partial charge in [0.1, 0.15) is 18.1 Å². The number of benzene rings is 2. The molecule has 3 rings (SSSR count). The molecule has 0 saturated carbocycles. The van der Waals surface area contributed by atoms with Gasteiger partial charge in [-0.05, 0) is 55.5 Å². The van der Waals surface area contributed by atoms with Crippen LogP contribution in [0.25, 0.3) is 0 Å². The standard InChI is InChI=1S/C22H22N2O5/c1-2-27-19-9-11-20(12-10-19)29-16-21(25)23-13-3-4-17-5-7-18(8-6-17)24-14-15-28-22(24)26/h5-12H,2,13-16H2,1H3,(H,23,25). The maximum atomic E-state index is 11.8. The van der Waals surface area contributed by atoms with Crippen molar-refractivity contribution in [1.29, 1.82) is 0 Å². The van der Waals surface area contributed by atoms with Crippen molar-refractivity contribution in [2.75, 3.05) is 37.8 Å². The van der Waals surface area contributed by atoms with Crippen molar-refractivity contribution in [3.63, 3.8) is 0 Å². The monoisotopic (exact) mass is 394 g/mol. The summed E-state index contributed by atoms with van der Waals surface area (Å²) >= 11 is 0. The highest BCUT2D eigenvalue weighted by Gasteiger charge is 2.23. The number of hydrogen-bond donors (Lipinski definition) is 1. The summed E-state index contributed by atoms with van der Waals surface area (Å²) in [4.78, 5) is 25.0. The lowest BCUT2D eigenvalue weighted by molar-refractivity contribution is -0.122. The van der Waals surface area contributed by atoms with Crippen molar-refractivity contribution in [2.45, 2.75) is 6.92 Å². The lowest BCUT2D eigenvalue weighted by Crippen LogP contribution is -2.29. The van der Waals surface area contributed by atoms with Gasteiger partial charge in [0, 0.05) is 11.3 Å². The van der Waals surface area contributed by atoms with Crippen LogP contribution in [0.15, 0.2) is 48.5 Å². The van der Waals surface area contributed by atoms with E-state index in [0.29, 0.717) is 25.5 Å². The Hall–Kier alpha value is -3.66. The molecule has 2 aromatic carbocycles. The van der Waals surface area contributed by atoms with Crippen molar-refractivity contribution in [2.24, 2.45) is 0 Å². The quantitative estimate of drug-likeness (QED) is 0.731. The van der Waals surface area contributed by atoms with E-state index in [4.69, 9.17) is 14.2 Å². The molecule has 7 heteroatoms. The zero-order valence-electron chi connectivity index (χ0n) is 16.1. The highest BCUT2D eigenvalue weighted by Crippen LogP contribution is 2.19. The van der Waals surface area contributed by atoms with E-state index in [1.54, 1.807) is 29.2 Å². The summed E-state index contributed by atoms with van der Waals surface area (Å²) in [5.41, 5.74) is 1.57. The van der Waals surface area contributed by atoms with Crippen LogP contribution in [0.1, 0.15) is 12.5 Å². The van der Waals surface area contributed by atoms with E-state index in [2.05, 4.69) is 17.2 Å². The summed E-state index contributed by atoms with van der Waals surface area (Å²) in [6.45, 7) is 3.60. The molecule has 0 atom stereocenters. The molecular weight excluding hydrogens is 372 g/mol. The third kappa shape index (κ3) is 5.91. The van der Waals surface area contributed by atoms with Gasteiger partial charge in [0.05, 0.1) is 19.7 Å². The van der Waals surface area contributed by atoms with Gasteiger partial charge in [0.15, 0.2) is 6.61 Å². The van der Waals surface area contributed by atoms with Crippen LogP contribution in [0, 0.1) is 11.8 Å². The predicted octanol–water partition coefficient (Wildman–Crippen LogP) is 2.59. The average Bonchev–Trinajstić information content (AvgIpc) is 3.17. The van der Waals surface area contributed by atoms with E-state index in [9.17, 15) is 9.59 Å². The van der Waals surface area contributed by atoms with Gasteiger partial charge in [-0.3, -0.25) is 9.69 Å². The first kappa shape index (κ1) is 20.1. The highest BCUT2D eigenvalue weighted by molar-refractivity contribution is 5.89. The van der Waals surface area contributed by atoms with Crippen LogP contribution in [0.5, 0.6) is 11.5 Å². The largest absolute Gasteiger partial charge is 0.494 e. The normalized spacial score (nSPS) is 12.6. The van der Waals surface area contributed by atoms with E-state index >= 15 is 0 Å². The Balaban J connectivity index is 1.40. The number of ether oxygens (including phenoxy) is 3. The average molecular weight is 394 g/mol. The number of nitrogens with zero attached hydrogens (tertiary/aromatic N) is 1. The first-order chi connectivity index (χ1) is 14.2. The molecule has 0 aromatic heterocycles. The third-order valence-electron chi connectivity index (χ3n) is 4.05. The summed E-state index contributed by atoms with van der Waals surface area (Å²) in [7, 11) is 0. The molecule has 150 valence electrons. The van der Waals surface area contributed by atoms with Crippen molar-refractivity contribution in [3.8, 4) is 23.3 Å². The molecule has 1 fully saturated rings. The maximum absolute atomic E-state index is 11.8. The van der Waals surface area contributed by atoms with E-state index in [1.807, 2.05) is 31.2 Å². The number of nitrogens with one attached hydrogen (secondary N) is 1. The minimum absolute atomic E-state index is 0.0870. The second-order valence-electron chi connectivity index (χ2n) is 6.08. The van der Waals surface area contributed by atoms with Crippen LogP contribution >= 0.6 is 0 Å². The molecule has 0 bridgehead atoms. The molecule has 2 amide bonds. The second kappa shape index (κ2) is 10.0. The van der Waals surface area contributed by atoms with Crippen LogP contribution in [-0.4, -0.2) is 44.9 Å². The highest BCUT2D eigenvalue weighted by atomic mass is 16.6. The van der Waals surface area contributed by atoms with Gasteiger partial charge in [0.2, 0.25) is 0 Å². The number of carbonyl (C=O) groups is 2. The molecular formula is C22H22N2O5. The van der Waals surface area contributed by atoms with E-state index in [-0.39, 0.29) is 25.2 Å². The molecule has 0 radical (unpaired) electrons. The first-order valence-corrected chi connectivity index (χ1v) is 9.31. The Morgan fingerprint density at radius 2 is 1.79 bits per heavy atom. The second-order valence-corrected chi connectivity index (χ2v) is 6.08.